The molecule has 1 rings (SSSR count). The molecule has 0 bridgehead atoms. The van der Waals surface area contributed by atoms with Gasteiger partial charge in [0.25, 0.3) is 0 Å². The average Bonchev–Trinajstić information content (AvgIpc) is 2.34. The second-order valence-electron chi connectivity index (χ2n) is 5.58. The number of carbonyl (C=O) groups is 1. The van der Waals surface area contributed by atoms with Crippen LogP contribution in [0.15, 0.2) is 30.3 Å². The average molecular weight is 265 g/mol. The van der Waals surface area contributed by atoms with E-state index in [0.717, 1.165) is 5.56 Å². The first kappa shape index (κ1) is 15.7. The molecule has 4 nitrogen and oxygen atoms in total. The molecule has 0 aliphatic carbocycles. The standard InChI is InChI=1S/C15H23NO3/c1-11(14(17)19-15(2,3)4)13(16)18-10-12-8-6-5-7-9-12/h5-9,11,13H,10,16H2,1-4H3/t11?,13-/m1/s1. The zero-order chi connectivity index (χ0) is 14.5. The lowest BCUT2D eigenvalue weighted by atomic mass is 10.1. The van der Waals surface area contributed by atoms with Gasteiger partial charge in [0, 0.05) is 0 Å². The molecule has 0 radical (unpaired) electrons. The van der Waals surface area contributed by atoms with Crippen molar-refractivity contribution in [2.24, 2.45) is 11.7 Å². The van der Waals surface area contributed by atoms with E-state index in [9.17, 15) is 4.79 Å². The van der Waals surface area contributed by atoms with E-state index in [0.29, 0.717) is 6.61 Å². The van der Waals surface area contributed by atoms with Crippen molar-refractivity contribution >= 4 is 5.97 Å². The molecule has 4 heteroatoms. The second kappa shape index (κ2) is 6.68. The lowest BCUT2D eigenvalue weighted by Gasteiger charge is -2.25. The second-order valence-corrected chi connectivity index (χ2v) is 5.58. The Morgan fingerprint density at radius 2 is 1.84 bits per heavy atom. The van der Waals surface area contributed by atoms with Gasteiger partial charge in [-0.15, -0.1) is 0 Å². The van der Waals surface area contributed by atoms with Gasteiger partial charge in [0.05, 0.1) is 12.5 Å². The lowest BCUT2D eigenvalue weighted by Crippen LogP contribution is -2.39. The fourth-order valence-corrected chi connectivity index (χ4v) is 1.44. The molecule has 1 aromatic carbocycles. The Labute approximate surface area is 114 Å². The van der Waals surface area contributed by atoms with Crippen LogP contribution in [0.4, 0.5) is 0 Å². The highest BCUT2D eigenvalue weighted by Crippen LogP contribution is 2.14. The Bertz CT molecular complexity index is 398. The van der Waals surface area contributed by atoms with Gasteiger partial charge in [-0.2, -0.15) is 0 Å². The minimum absolute atomic E-state index is 0.340. The van der Waals surface area contributed by atoms with E-state index in [1.54, 1.807) is 6.92 Å². The van der Waals surface area contributed by atoms with Gasteiger partial charge in [0.1, 0.15) is 11.8 Å². The molecule has 0 fully saturated rings. The van der Waals surface area contributed by atoms with Crippen LogP contribution in [-0.4, -0.2) is 17.8 Å². The molecule has 0 amide bonds. The van der Waals surface area contributed by atoms with E-state index in [2.05, 4.69) is 0 Å². The number of benzene rings is 1. The van der Waals surface area contributed by atoms with Crippen molar-refractivity contribution in [3.8, 4) is 0 Å². The van der Waals surface area contributed by atoms with Crippen LogP contribution in [0.1, 0.15) is 33.3 Å². The maximum atomic E-state index is 11.8. The molecule has 106 valence electrons. The molecule has 19 heavy (non-hydrogen) atoms. The van der Waals surface area contributed by atoms with Crippen molar-refractivity contribution in [1.82, 2.24) is 0 Å². The Hall–Kier alpha value is -1.39. The molecule has 0 saturated heterocycles. The minimum atomic E-state index is -0.671. The van der Waals surface area contributed by atoms with Crippen LogP contribution in [0, 0.1) is 5.92 Å². The topological polar surface area (TPSA) is 61.5 Å². The Morgan fingerprint density at radius 1 is 1.26 bits per heavy atom. The summed E-state index contributed by atoms with van der Waals surface area (Å²) >= 11 is 0. The normalized spacial score (nSPS) is 14.8. The minimum Gasteiger partial charge on any atom is -0.460 e. The van der Waals surface area contributed by atoms with Gasteiger partial charge in [-0.05, 0) is 33.3 Å². The number of rotatable bonds is 5. The number of ether oxygens (including phenoxy) is 2. The summed E-state index contributed by atoms with van der Waals surface area (Å²) in [4.78, 5) is 11.8. The van der Waals surface area contributed by atoms with Crippen LogP contribution in [0.2, 0.25) is 0 Å². The van der Waals surface area contributed by atoms with Gasteiger partial charge in [-0.1, -0.05) is 30.3 Å². The summed E-state index contributed by atoms with van der Waals surface area (Å²) in [5.41, 5.74) is 6.37. The zero-order valence-corrected chi connectivity index (χ0v) is 12.1. The summed E-state index contributed by atoms with van der Waals surface area (Å²) in [5.74, 6) is -0.837. The zero-order valence-electron chi connectivity index (χ0n) is 12.1. The summed E-state index contributed by atoms with van der Waals surface area (Å²) in [6, 6.07) is 9.70. The summed E-state index contributed by atoms with van der Waals surface area (Å²) in [6.07, 6.45) is -0.671. The third kappa shape index (κ3) is 5.85. The van der Waals surface area contributed by atoms with Crippen LogP contribution in [0.25, 0.3) is 0 Å². The van der Waals surface area contributed by atoms with Gasteiger partial charge < -0.3 is 15.2 Å². The van der Waals surface area contributed by atoms with Gasteiger partial charge in [-0.3, -0.25) is 4.79 Å². The predicted octanol–water partition coefficient (Wildman–Crippen LogP) is 2.47. The molecule has 0 aromatic heterocycles. The molecule has 0 saturated carbocycles. The van der Waals surface area contributed by atoms with E-state index >= 15 is 0 Å². The third-order valence-corrected chi connectivity index (χ3v) is 2.56. The summed E-state index contributed by atoms with van der Waals surface area (Å²) in [5, 5.41) is 0. The molecule has 1 unspecified atom stereocenters. The first-order valence-corrected chi connectivity index (χ1v) is 6.43. The SMILES string of the molecule is CC(C(=O)OC(C)(C)C)[C@H](N)OCc1ccccc1. The number of hydrogen-bond acceptors (Lipinski definition) is 4. The highest BCUT2D eigenvalue weighted by atomic mass is 16.6. The summed E-state index contributed by atoms with van der Waals surface area (Å²) < 4.78 is 10.8. The molecular formula is C15H23NO3. The van der Waals surface area contributed by atoms with Crippen molar-refractivity contribution < 1.29 is 14.3 Å². The molecule has 0 spiro atoms. The molecule has 0 aliphatic heterocycles. The van der Waals surface area contributed by atoms with Crippen molar-refractivity contribution in [3.63, 3.8) is 0 Å². The van der Waals surface area contributed by atoms with E-state index in [4.69, 9.17) is 15.2 Å². The fourth-order valence-electron chi connectivity index (χ4n) is 1.44. The fraction of sp³-hybridized carbons (Fsp3) is 0.533. The number of carbonyl (C=O) groups excluding carboxylic acids is 1. The number of esters is 1. The number of nitrogens with two attached hydrogens (primary N) is 1. The van der Waals surface area contributed by atoms with Crippen LogP contribution in [0.5, 0.6) is 0 Å². The molecule has 0 heterocycles. The molecule has 1 aromatic rings. The predicted molar refractivity (Wildman–Crippen MR) is 74.2 cm³/mol. The largest absolute Gasteiger partial charge is 0.460 e. The maximum absolute atomic E-state index is 11.8. The maximum Gasteiger partial charge on any atom is 0.313 e. The summed E-state index contributed by atoms with van der Waals surface area (Å²) in [6.45, 7) is 7.58. The highest BCUT2D eigenvalue weighted by Gasteiger charge is 2.26. The highest BCUT2D eigenvalue weighted by molar-refractivity contribution is 5.73. The van der Waals surface area contributed by atoms with Crippen molar-refractivity contribution in [1.29, 1.82) is 0 Å². The molecular weight excluding hydrogens is 242 g/mol. The molecule has 0 aliphatic rings. The van der Waals surface area contributed by atoms with Gasteiger partial charge >= 0.3 is 5.97 Å². The van der Waals surface area contributed by atoms with Crippen LogP contribution < -0.4 is 5.73 Å². The van der Waals surface area contributed by atoms with Crippen molar-refractivity contribution in [3.05, 3.63) is 35.9 Å². The molecule has 2 N–H and O–H groups in total. The van der Waals surface area contributed by atoms with Crippen molar-refractivity contribution in [2.45, 2.75) is 46.1 Å². The van der Waals surface area contributed by atoms with Gasteiger partial charge in [0.15, 0.2) is 0 Å². The van der Waals surface area contributed by atoms with Gasteiger partial charge in [-0.25, -0.2) is 0 Å². The first-order chi connectivity index (χ1) is 8.79. The third-order valence-electron chi connectivity index (χ3n) is 2.56. The van der Waals surface area contributed by atoms with E-state index in [1.165, 1.54) is 0 Å². The summed E-state index contributed by atoms with van der Waals surface area (Å²) in [7, 11) is 0. The van der Waals surface area contributed by atoms with Crippen molar-refractivity contribution in [2.75, 3.05) is 0 Å². The van der Waals surface area contributed by atoms with Gasteiger partial charge in [0.2, 0.25) is 0 Å². The smallest absolute Gasteiger partial charge is 0.313 e. The Kier molecular flexibility index (Phi) is 5.51. The van der Waals surface area contributed by atoms with E-state index in [1.807, 2.05) is 51.1 Å². The van der Waals surface area contributed by atoms with Crippen LogP contribution in [-0.2, 0) is 20.9 Å². The molecule has 2 atom stereocenters. The van der Waals surface area contributed by atoms with Crippen LogP contribution >= 0.6 is 0 Å². The Balaban J connectivity index is 2.44. The monoisotopic (exact) mass is 265 g/mol. The van der Waals surface area contributed by atoms with E-state index in [-0.39, 0.29) is 5.97 Å². The van der Waals surface area contributed by atoms with E-state index < -0.39 is 17.7 Å². The first-order valence-electron chi connectivity index (χ1n) is 6.43. The lowest BCUT2D eigenvalue weighted by molar-refractivity contribution is -0.165. The number of hydrogen-bond donors (Lipinski definition) is 1. The Morgan fingerprint density at radius 3 is 2.37 bits per heavy atom. The van der Waals surface area contributed by atoms with Crippen LogP contribution in [0.3, 0.4) is 0 Å². The quantitative estimate of drug-likeness (QED) is 0.656.